The van der Waals surface area contributed by atoms with E-state index in [0.717, 1.165) is 0 Å². The normalized spacial score (nSPS) is 14.5. The number of hydrogen-bond donors (Lipinski definition) is 3. The zero-order valence-corrected chi connectivity index (χ0v) is 10.4. The monoisotopic (exact) mass is 308 g/mol. The first kappa shape index (κ1) is 13.4. The van der Waals surface area contributed by atoms with Crippen LogP contribution in [0.1, 0.15) is 18.1 Å². The molecule has 6 heteroatoms. The summed E-state index contributed by atoms with van der Waals surface area (Å²) < 4.78 is 0.577. The second-order valence-corrected chi connectivity index (χ2v) is 4.55. The first-order valence-electron chi connectivity index (χ1n) is 4.44. The zero-order valence-electron chi connectivity index (χ0n) is 8.10. The van der Waals surface area contributed by atoms with Crippen LogP contribution >= 0.6 is 27.5 Å². The summed E-state index contributed by atoms with van der Waals surface area (Å²) in [5.74, 6) is -1.17. The van der Waals surface area contributed by atoms with Gasteiger partial charge in [0.05, 0.1) is 17.5 Å². The average Bonchev–Trinajstić information content (AvgIpc) is 2.20. The molecule has 2 atom stereocenters. The third-order valence-electron chi connectivity index (χ3n) is 2.03. The van der Waals surface area contributed by atoms with E-state index in [1.165, 1.54) is 12.1 Å². The third-order valence-corrected chi connectivity index (χ3v) is 3.25. The molecule has 0 aliphatic carbocycles. The Kier molecular flexibility index (Phi) is 4.73. The molecule has 3 N–H and O–H groups in total. The summed E-state index contributed by atoms with van der Waals surface area (Å²) in [6.45, 7) is 0. The lowest BCUT2D eigenvalue weighted by Gasteiger charge is -2.16. The molecule has 0 fully saturated rings. The number of halogens is 2. The van der Waals surface area contributed by atoms with Gasteiger partial charge in [0, 0.05) is 4.47 Å². The lowest BCUT2D eigenvalue weighted by molar-refractivity contribution is -0.141. The van der Waals surface area contributed by atoms with Gasteiger partial charge in [-0.25, -0.2) is 0 Å². The van der Waals surface area contributed by atoms with Crippen LogP contribution < -0.4 is 0 Å². The highest BCUT2D eigenvalue weighted by atomic mass is 79.9. The van der Waals surface area contributed by atoms with Crippen LogP contribution in [0.25, 0.3) is 0 Å². The molecular weight excluding hydrogens is 299 g/mol. The molecule has 0 bridgehead atoms. The molecule has 88 valence electrons. The van der Waals surface area contributed by atoms with E-state index in [2.05, 4.69) is 15.9 Å². The fraction of sp³-hybridized carbons (Fsp3) is 0.300. The van der Waals surface area contributed by atoms with Crippen molar-refractivity contribution in [3.05, 3.63) is 33.3 Å². The molecule has 0 saturated carbocycles. The highest BCUT2D eigenvalue weighted by molar-refractivity contribution is 9.10. The van der Waals surface area contributed by atoms with Crippen LogP contribution in [0.2, 0.25) is 5.02 Å². The summed E-state index contributed by atoms with van der Waals surface area (Å²) in [7, 11) is 0. The van der Waals surface area contributed by atoms with Gasteiger partial charge in [0.1, 0.15) is 6.10 Å². The van der Waals surface area contributed by atoms with E-state index < -0.39 is 24.6 Å². The van der Waals surface area contributed by atoms with Crippen molar-refractivity contribution >= 4 is 33.5 Å². The van der Waals surface area contributed by atoms with E-state index in [4.69, 9.17) is 16.7 Å². The number of carbonyl (C=O) groups is 1. The molecule has 0 aliphatic rings. The number of rotatable bonds is 4. The number of aliphatic hydroxyl groups is 2. The van der Waals surface area contributed by atoms with Crippen molar-refractivity contribution in [1.82, 2.24) is 0 Å². The van der Waals surface area contributed by atoms with Gasteiger partial charge in [-0.3, -0.25) is 4.79 Å². The Morgan fingerprint density at radius 3 is 2.56 bits per heavy atom. The second kappa shape index (κ2) is 5.63. The molecule has 4 nitrogen and oxygen atoms in total. The molecule has 16 heavy (non-hydrogen) atoms. The standard InChI is InChI=1S/C10H10BrClO4/c11-6-3-5(1-2-7(6)12)10(16)8(13)4-9(14)15/h1-3,8,10,13,16H,4H2,(H,14,15). The quantitative estimate of drug-likeness (QED) is 0.794. The molecule has 0 aliphatic heterocycles. The number of carboxylic acid groups (broad SMARTS) is 1. The summed E-state index contributed by atoms with van der Waals surface area (Å²) in [5, 5.41) is 28.1. The second-order valence-electron chi connectivity index (χ2n) is 3.28. The van der Waals surface area contributed by atoms with Crippen LogP contribution in [0.4, 0.5) is 0 Å². The summed E-state index contributed by atoms with van der Waals surface area (Å²) in [5.41, 5.74) is 0.407. The summed E-state index contributed by atoms with van der Waals surface area (Å²) in [4.78, 5) is 10.4. The number of hydrogen-bond acceptors (Lipinski definition) is 3. The fourth-order valence-electron chi connectivity index (χ4n) is 1.21. The number of benzene rings is 1. The molecular formula is C10H10BrClO4. The van der Waals surface area contributed by atoms with Gasteiger partial charge in [0.2, 0.25) is 0 Å². The van der Waals surface area contributed by atoms with Crippen LogP contribution in [-0.4, -0.2) is 27.4 Å². The van der Waals surface area contributed by atoms with Gasteiger partial charge in [0.25, 0.3) is 0 Å². The van der Waals surface area contributed by atoms with Crippen LogP contribution in [0.5, 0.6) is 0 Å². The molecule has 1 aromatic rings. The van der Waals surface area contributed by atoms with Gasteiger partial charge in [0.15, 0.2) is 0 Å². The van der Waals surface area contributed by atoms with Crippen molar-refractivity contribution in [2.24, 2.45) is 0 Å². The van der Waals surface area contributed by atoms with E-state index in [1.54, 1.807) is 6.07 Å². The Bertz CT molecular complexity index is 396. The third kappa shape index (κ3) is 3.45. The maximum atomic E-state index is 10.4. The first-order chi connectivity index (χ1) is 7.41. The Morgan fingerprint density at radius 2 is 2.06 bits per heavy atom. The largest absolute Gasteiger partial charge is 0.481 e. The molecule has 1 rings (SSSR count). The maximum Gasteiger partial charge on any atom is 0.306 e. The van der Waals surface area contributed by atoms with E-state index in [9.17, 15) is 15.0 Å². The van der Waals surface area contributed by atoms with Gasteiger partial charge in [-0.05, 0) is 33.6 Å². The van der Waals surface area contributed by atoms with Crippen molar-refractivity contribution in [3.63, 3.8) is 0 Å². The number of aliphatic carboxylic acids is 1. The van der Waals surface area contributed by atoms with E-state index in [1.807, 2.05) is 0 Å². The lowest BCUT2D eigenvalue weighted by Crippen LogP contribution is -2.21. The van der Waals surface area contributed by atoms with Crippen LogP contribution in [0.15, 0.2) is 22.7 Å². The van der Waals surface area contributed by atoms with Crippen molar-refractivity contribution < 1.29 is 20.1 Å². The van der Waals surface area contributed by atoms with Gasteiger partial charge in [-0.2, -0.15) is 0 Å². The fourth-order valence-corrected chi connectivity index (χ4v) is 1.72. The Morgan fingerprint density at radius 1 is 1.44 bits per heavy atom. The van der Waals surface area contributed by atoms with Gasteiger partial charge < -0.3 is 15.3 Å². The van der Waals surface area contributed by atoms with Crippen LogP contribution in [0, 0.1) is 0 Å². The van der Waals surface area contributed by atoms with Gasteiger partial charge in [-0.15, -0.1) is 0 Å². The smallest absolute Gasteiger partial charge is 0.306 e. The lowest BCUT2D eigenvalue weighted by atomic mass is 10.0. The molecule has 0 radical (unpaired) electrons. The predicted molar refractivity (Wildman–Crippen MR) is 62.4 cm³/mol. The van der Waals surface area contributed by atoms with Gasteiger partial charge >= 0.3 is 5.97 Å². The molecule has 0 heterocycles. The summed E-state index contributed by atoms with van der Waals surface area (Å²) >= 11 is 8.94. The van der Waals surface area contributed by atoms with Crippen molar-refractivity contribution in [2.75, 3.05) is 0 Å². The van der Waals surface area contributed by atoms with Crippen molar-refractivity contribution in [2.45, 2.75) is 18.6 Å². The molecule has 0 aromatic heterocycles. The minimum atomic E-state index is -1.34. The molecule has 0 spiro atoms. The molecule has 2 unspecified atom stereocenters. The van der Waals surface area contributed by atoms with E-state index in [0.29, 0.717) is 15.1 Å². The van der Waals surface area contributed by atoms with Crippen LogP contribution in [0.3, 0.4) is 0 Å². The summed E-state index contributed by atoms with van der Waals surface area (Å²) in [6, 6.07) is 4.62. The first-order valence-corrected chi connectivity index (χ1v) is 5.61. The average molecular weight is 310 g/mol. The number of carboxylic acids is 1. The highest BCUT2D eigenvalue weighted by Crippen LogP contribution is 2.27. The minimum Gasteiger partial charge on any atom is -0.481 e. The van der Waals surface area contributed by atoms with E-state index in [-0.39, 0.29) is 0 Å². The highest BCUT2D eigenvalue weighted by Gasteiger charge is 2.21. The van der Waals surface area contributed by atoms with Crippen LogP contribution in [-0.2, 0) is 4.79 Å². The Labute approximate surface area is 106 Å². The SMILES string of the molecule is O=C(O)CC(O)C(O)c1ccc(Cl)c(Br)c1. The molecule has 0 saturated heterocycles. The van der Waals surface area contributed by atoms with Gasteiger partial charge in [-0.1, -0.05) is 17.7 Å². The van der Waals surface area contributed by atoms with Crippen molar-refractivity contribution in [3.8, 4) is 0 Å². The predicted octanol–water partition coefficient (Wildman–Crippen LogP) is 1.97. The Hall–Kier alpha value is -0.620. The maximum absolute atomic E-state index is 10.4. The number of aliphatic hydroxyl groups excluding tert-OH is 2. The Balaban J connectivity index is 2.83. The topological polar surface area (TPSA) is 77.8 Å². The van der Waals surface area contributed by atoms with E-state index >= 15 is 0 Å². The molecule has 1 aromatic carbocycles. The molecule has 0 amide bonds. The van der Waals surface area contributed by atoms with Crippen molar-refractivity contribution in [1.29, 1.82) is 0 Å². The zero-order chi connectivity index (χ0) is 12.3. The summed E-state index contributed by atoms with van der Waals surface area (Å²) in [6.07, 6.45) is -3.10. The minimum absolute atomic E-state index is 0.407.